The van der Waals surface area contributed by atoms with Crippen LogP contribution in [0, 0.1) is 0 Å². The zero-order chi connectivity index (χ0) is 18.7. The number of hydrogen-bond donors (Lipinski definition) is 1. The van der Waals surface area contributed by atoms with Gasteiger partial charge in [0.1, 0.15) is 0 Å². The molecule has 0 aromatic heterocycles. The summed E-state index contributed by atoms with van der Waals surface area (Å²) in [7, 11) is 0. The predicted octanol–water partition coefficient (Wildman–Crippen LogP) is 8.37. The molecule has 1 rings (SSSR count). The predicted molar refractivity (Wildman–Crippen MR) is 116 cm³/mol. The van der Waals surface area contributed by atoms with Crippen molar-refractivity contribution < 1.29 is 5.11 Å². The van der Waals surface area contributed by atoms with Gasteiger partial charge in [0.25, 0.3) is 0 Å². The number of hydrogen-bond acceptors (Lipinski definition) is 1. The van der Waals surface area contributed by atoms with E-state index in [9.17, 15) is 5.11 Å². The lowest BCUT2D eigenvalue weighted by atomic mass is 10.0. The van der Waals surface area contributed by atoms with Gasteiger partial charge in [0.15, 0.2) is 0 Å². The van der Waals surface area contributed by atoms with Crippen molar-refractivity contribution in [3.8, 4) is 0 Å². The van der Waals surface area contributed by atoms with Gasteiger partial charge in [-0.1, -0.05) is 140 Å². The summed E-state index contributed by atoms with van der Waals surface area (Å²) in [6.07, 6.45) is 22.9. The number of aliphatic hydroxyl groups is 1. The Morgan fingerprint density at radius 3 is 1.38 bits per heavy atom. The molecule has 1 N–H and O–H groups in total. The lowest BCUT2D eigenvalue weighted by Crippen LogP contribution is -1.96. The Morgan fingerprint density at radius 2 is 0.962 bits per heavy atom. The van der Waals surface area contributed by atoms with Gasteiger partial charge >= 0.3 is 0 Å². The number of rotatable bonds is 18. The Hall–Kier alpha value is -0.820. The Labute approximate surface area is 163 Å². The third kappa shape index (κ3) is 13.4. The fourth-order valence-corrected chi connectivity index (χ4v) is 3.73. The molecule has 0 aliphatic heterocycles. The van der Waals surface area contributed by atoms with Crippen LogP contribution < -0.4 is 0 Å². The minimum absolute atomic E-state index is 0.275. The van der Waals surface area contributed by atoms with Crippen molar-refractivity contribution >= 4 is 0 Å². The second kappa shape index (κ2) is 17.6. The van der Waals surface area contributed by atoms with E-state index in [1.54, 1.807) is 0 Å². The third-order valence-electron chi connectivity index (χ3n) is 5.52. The minimum atomic E-state index is -0.275. The monoisotopic (exact) mass is 360 g/mol. The van der Waals surface area contributed by atoms with Crippen molar-refractivity contribution in [2.45, 2.75) is 122 Å². The maximum Gasteiger partial charge on any atom is 0.0790 e. The van der Waals surface area contributed by atoms with Crippen LogP contribution in [0.15, 0.2) is 30.3 Å². The van der Waals surface area contributed by atoms with Gasteiger partial charge in [0, 0.05) is 0 Å². The van der Waals surface area contributed by atoms with E-state index >= 15 is 0 Å². The van der Waals surface area contributed by atoms with E-state index in [2.05, 4.69) is 6.92 Å². The van der Waals surface area contributed by atoms with E-state index in [-0.39, 0.29) is 6.10 Å². The molecule has 0 heterocycles. The molecular formula is C25H44O. The van der Waals surface area contributed by atoms with Crippen molar-refractivity contribution in [1.82, 2.24) is 0 Å². The van der Waals surface area contributed by atoms with Crippen molar-refractivity contribution in [3.63, 3.8) is 0 Å². The summed E-state index contributed by atoms with van der Waals surface area (Å²) in [5.41, 5.74) is 1.06. The number of unbranched alkanes of at least 4 members (excludes halogenated alkanes) is 15. The van der Waals surface area contributed by atoms with Gasteiger partial charge in [-0.2, -0.15) is 0 Å². The first kappa shape index (κ1) is 23.2. The first-order valence-electron chi connectivity index (χ1n) is 11.6. The molecule has 150 valence electrons. The first-order valence-corrected chi connectivity index (χ1v) is 11.6. The molecular weight excluding hydrogens is 316 g/mol. The normalized spacial score (nSPS) is 12.4. The number of benzene rings is 1. The van der Waals surface area contributed by atoms with E-state index < -0.39 is 0 Å². The molecule has 0 radical (unpaired) electrons. The van der Waals surface area contributed by atoms with Gasteiger partial charge in [-0.3, -0.25) is 0 Å². The van der Waals surface area contributed by atoms with Crippen LogP contribution in [0.4, 0.5) is 0 Å². The standard InChI is InChI=1S/C25H44O/c1-2-3-4-5-6-7-8-9-10-11-12-13-14-15-16-20-23-25(26)24-21-18-17-19-22-24/h17-19,21-22,25-26H,2-16,20,23H2,1H3. The number of aliphatic hydroxyl groups excluding tert-OH is 1. The smallest absolute Gasteiger partial charge is 0.0790 e. The SMILES string of the molecule is CCCCCCCCCCCCCCCCCCC(O)c1ccccc1. The maximum absolute atomic E-state index is 10.1. The quantitative estimate of drug-likeness (QED) is 0.261. The molecule has 1 atom stereocenters. The molecule has 1 nitrogen and oxygen atoms in total. The van der Waals surface area contributed by atoms with E-state index in [1.807, 2.05) is 30.3 Å². The van der Waals surface area contributed by atoms with Crippen LogP contribution in [-0.4, -0.2) is 5.11 Å². The van der Waals surface area contributed by atoms with Crippen LogP contribution in [0.25, 0.3) is 0 Å². The first-order chi connectivity index (χ1) is 12.8. The zero-order valence-corrected chi connectivity index (χ0v) is 17.4. The van der Waals surface area contributed by atoms with Crippen molar-refractivity contribution in [2.75, 3.05) is 0 Å². The minimum Gasteiger partial charge on any atom is -0.388 e. The Bertz CT molecular complexity index is 386. The summed E-state index contributed by atoms with van der Waals surface area (Å²) in [5.74, 6) is 0. The molecule has 1 aromatic rings. The zero-order valence-electron chi connectivity index (χ0n) is 17.4. The fraction of sp³-hybridized carbons (Fsp3) is 0.760. The average molecular weight is 361 g/mol. The molecule has 0 saturated heterocycles. The Kier molecular flexibility index (Phi) is 15.7. The highest BCUT2D eigenvalue weighted by atomic mass is 16.3. The molecule has 1 unspecified atom stereocenters. The second-order valence-corrected chi connectivity index (χ2v) is 8.02. The molecule has 1 heteroatoms. The molecule has 26 heavy (non-hydrogen) atoms. The van der Waals surface area contributed by atoms with Crippen LogP contribution in [-0.2, 0) is 0 Å². The van der Waals surface area contributed by atoms with Crippen molar-refractivity contribution in [2.24, 2.45) is 0 Å². The Morgan fingerprint density at radius 1 is 0.577 bits per heavy atom. The van der Waals surface area contributed by atoms with E-state index in [1.165, 1.54) is 96.3 Å². The van der Waals surface area contributed by atoms with Crippen LogP contribution in [0.3, 0.4) is 0 Å². The van der Waals surface area contributed by atoms with Crippen LogP contribution >= 0.6 is 0 Å². The lowest BCUT2D eigenvalue weighted by Gasteiger charge is -2.10. The summed E-state index contributed by atoms with van der Waals surface area (Å²) in [6, 6.07) is 10.1. The van der Waals surface area contributed by atoms with Crippen LogP contribution in [0.5, 0.6) is 0 Å². The molecule has 1 aromatic carbocycles. The van der Waals surface area contributed by atoms with Gasteiger partial charge in [0.2, 0.25) is 0 Å². The van der Waals surface area contributed by atoms with E-state index in [4.69, 9.17) is 0 Å². The molecule has 0 spiro atoms. The van der Waals surface area contributed by atoms with Gasteiger partial charge in [-0.05, 0) is 12.0 Å². The molecule has 0 fully saturated rings. The van der Waals surface area contributed by atoms with Gasteiger partial charge in [-0.15, -0.1) is 0 Å². The summed E-state index contributed by atoms with van der Waals surface area (Å²) in [4.78, 5) is 0. The summed E-state index contributed by atoms with van der Waals surface area (Å²) in [5, 5.41) is 10.1. The summed E-state index contributed by atoms with van der Waals surface area (Å²) in [6.45, 7) is 2.29. The van der Waals surface area contributed by atoms with E-state index in [0.717, 1.165) is 18.4 Å². The molecule has 0 amide bonds. The summed E-state index contributed by atoms with van der Waals surface area (Å²) < 4.78 is 0. The van der Waals surface area contributed by atoms with Crippen LogP contribution in [0.2, 0.25) is 0 Å². The highest BCUT2D eigenvalue weighted by Crippen LogP contribution is 2.20. The van der Waals surface area contributed by atoms with Gasteiger partial charge in [-0.25, -0.2) is 0 Å². The summed E-state index contributed by atoms with van der Waals surface area (Å²) >= 11 is 0. The van der Waals surface area contributed by atoms with Crippen molar-refractivity contribution in [1.29, 1.82) is 0 Å². The molecule has 0 aliphatic carbocycles. The van der Waals surface area contributed by atoms with Gasteiger partial charge in [0.05, 0.1) is 6.10 Å². The Balaban J connectivity index is 1.76. The maximum atomic E-state index is 10.1. The molecule has 0 aliphatic rings. The topological polar surface area (TPSA) is 20.2 Å². The third-order valence-corrected chi connectivity index (χ3v) is 5.52. The van der Waals surface area contributed by atoms with Crippen LogP contribution in [0.1, 0.15) is 128 Å². The second-order valence-electron chi connectivity index (χ2n) is 8.02. The highest BCUT2D eigenvalue weighted by molar-refractivity contribution is 5.16. The lowest BCUT2D eigenvalue weighted by molar-refractivity contribution is 0.163. The fourth-order valence-electron chi connectivity index (χ4n) is 3.73. The average Bonchev–Trinajstić information content (AvgIpc) is 2.68. The van der Waals surface area contributed by atoms with Gasteiger partial charge < -0.3 is 5.11 Å². The van der Waals surface area contributed by atoms with E-state index in [0.29, 0.717) is 0 Å². The molecule has 0 saturated carbocycles. The molecule has 0 bridgehead atoms. The largest absolute Gasteiger partial charge is 0.388 e. The van der Waals surface area contributed by atoms with Crippen molar-refractivity contribution in [3.05, 3.63) is 35.9 Å². The highest BCUT2D eigenvalue weighted by Gasteiger charge is 2.05.